The third-order valence-electron chi connectivity index (χ3n) is 2.05. The number of hydrogen-bond donors (Lipinski definition) is 1. The molecule has 0 aliphatic rings. The van der Waals surface area contributed by atoms with E-state index in [1.807, 2.05) is 30.3 Å². The number of hydrogen-bond acceptors (Lipinski definition) is 3. The van der Waals surface area contributed by atoms with Crippen LogP contribution in [0.3, 0.4) is 0 Å². The van der Waals surface area contributed by atoms with E-state index < -0.39 is 5.97 Å². The third-order valence-corrected chi connectivity index (χ3v) is 2.05. The Balaban J connectivity index is 2.25. The largest absolute Gasteiger partial charge is 0.475 e. The van der Waals surface area contributed by atoms with Crippen LogP contribution in [0.4, 0.5) is 0 Å². The quantitative estimate of drug-likeness (QED) is 0.828. The Morgan fingerprint density at radius 3 is 2.73 bits per heavy atom. The Morgan fingerprint density at radius 2 is 2.07 bits per heavy atom. The summed E-state index contributed by atoms with van der Waals surface area (Å²) in [6.45, 7) is 0. The molecule has 4 nitrogen and oxygen atoms in total. The minimum absolute atomic E-state index is 0.0844. The maximum Gasteiger partial charge on any atom is 0.373 e. The molecule has 0 radical (unpaired) electrons. The molecule has 1 aromatic carbocycles. The van der Waals surface area contributed by atoms with Crippen LogP contribution >= 0.6 is 0 Å². The van der Waals surface area contributed by atoms with Crippen LogP contribution in [0.1, 0.15) is 21.8 Å². The predicted molar refractivity (Wildman–Crippen MR) is 52.7 cm³/mol. The van der Waals surface area contributed by atoms with Gasteiger partial charge in [-0.1, -0.05) is 30.3 Å². The molecule has 2 rings (SSSR count). The number of rotatable bonds is 3. The van der Waals surface area contributed by atoms with E-state index in [9.17, 15) is 4.79 Å². The molecule has 0 saturated heterocycles. The van der Waals surface area contributed by atoms with Gasteiger partial charge in [-0.15, -0.1) is 0 Å². The van der Waals surface area contributed by atoms with Gasteiger partial charge in [0.15, 0.2) is 6.39 Å². The molecule has 1 aromatic heterocycles. The Morgan fingerprint density at radius 1 is 1.33 bits per heavy atom. The van der Waals surface area contributed by atoms with E-state index in [0.29, 0.717) is 12.1 Å². The first-order valence-electron chi connectivity index (χ1n) is 4.47. The van der Waals surface area contributed by atoms with Crippen LogP contribution in [0.15, 0.2) is 41.1 Å². The number of oxazole rings is 1. The van der Waals surface area contributed by atoms with Gasteiger partial charge in [0.05, 0.1) is 5.69 Å². The van der Waals surface area contributed by atoms with Crippen molar-refractivity contribution >= 4 is 5.97 Å². The van der Waals surface area contributed by atoms with Crippen molar-refractivity contribution in [3.05, 3.63) is 53.7 Å². The van der Waals surface area contributed by atoms with Crippen molar-refractivity contribution in [1.29, 1.82) is 0 Å². The topological polar surface area (TPSA) is 63.3 Å². The van der Waals surface area contributed by atoms with Gasteiger partial charge < -0.3 is 9.52 Å². The Labute approximate surface area is 86.2 Å². The van der Waals surface area contributed by atoms with Crippen molar-refractivity contribution in [3.63, 3.8) is 0 Å². The highest BCUT2D eigenvalue weighted by atomic mass is 16.4. The molecule has 1 N–H and O–H groups in total. The van der Waals surface area contributed by atoms with Crippen LogP contribution < -0.4 is 0 Å². The van der Waals surface area contributed by atoms with E-state index >= 15 is 0 Å². The SMILES string of the molecule is O=C(O)c1ocnc1Cc1ccccc1. The standard InChI is InChI=1S/C11H9NO3/c13-11(14)10-9(12-7-15-10)6-8-4-2-1-3-5-8/h1-5,7H,6H2,(H,13,14). The second-order valence-electron chi connectivity index (χ2n) is 3.10. The molecule has 0 aliphatic heterocycles. The summed E-state index contributed by atoms with van der Waals surface area (Å²) in [6, 6.07) is 9.54. The fourth-order valence-corrected chi connectivity index (χ4v) is 1.36. The molecular formula is C11H9NO3. The highest BCUT2D eigenvalue weighted by molar-refractivity contribution is 5.85. The van der Waals surface area contributed by atoms with Crippen molar-refractivity contribution < 1.29 is 14.3 Å². The number of aromatic carboxylic acids is 1. The highest BCUT2D eigenvalue weighted by Crippen LogP contribution is 2.12. The summed E-state index contributed by atoms with van der Waals surface area (Å²) >= 11 is 0. The van der Waals surface area contributed by atoms with Crippen molar-refractivity contribution in [3.8, 4) is 0 Å². The number of nitrogens with zero attached hydrogens (tertiary/aromatic N) is 1. The lowest BCUT2D eigenvalue weighted by Crippen LogP contribution is -2.00. The predicted octanol–water partition coefficient (Wildman–Crippen LogP) is 1.96. The lowest BCUT2D eigenvalue weighted by Gasteiger charge is -1.97. The summed E-state index contributed by atoms with van der Waals surface area (Å²) in [5.41, 5.74) is 1.46. The first kappa shape index (κ1) is 9.45. The van der Waals surface area contributed by atoms with Gasteiger partial charge in [-0.05, 0) is 5.56 Å². The summed E-state index contributed by atoms with van der Waals surface area (Å²) in [4.78, 5) is 14.6. The maximum absolute atomic E-state index is 10.7. The zero-order valence-electron chi connectivity index (χ0n) is 7.88. The second-order valence-corrected chi connectivity index (χ2v) is 3.10. The number of carboxylic acid groups (broad SMARTS) is 1. The lowest BCUT2D eigenvalue weighted by atomic mass is 10.1. The molecule has 0 unspecified atom stereocenters. The van der Waals surface area contributed by atoms with Crippen molar-refractivity contribution in [1.82, 2.24) is 4.98 Å². The molecule has 76 valence electrons. The van der Waals surface area contributed by atoms with Gasteiger partial charge in [0.25, 0.3) is 0 Å². The number of carboxylic acids is 1. The number of benzene rings is 1. The minimum atomic E-state index is -1.08. The molecule has 0 aliphatic carbocycles. The first-order valence-corrected chi connectivity index (χ1v) is 4.47. The van der Waals surface area contributed by atoms with Gasteiger partial charge in [-0.3, -0.25) is 0 Å². The molecule has 0 amide bonds. The van der Waals surface area contributed by atoms with Crippen molar-refractivity contribution in [2.75, 3.05) is 0 Å². The molecule has 2 aromatic rings. The average Bonchev–Trinajstić information content (AvgIpc) is 2.67. The van der Waals surface area contributed by atoms with E-state index in [-0.39, 0.29) is 5.76 Å². The molecule has 0 atom stereocenters. The average molecular weight is 203 g/mol. The monoisotopic (exact) mass is 203 g/mol. The molecule has 0 fully saturated rings. The smallest absolute Gasteiger partial charge is 0.373 e. The van der Waals surface area contributed by atoms with E-state index in [1.165, 1.54) is 0 Å². The summed E-state index contributed by atoms with van der Waals surface area (Å²) in [6.07, 6.45) is 1.63. The van der Waals surface area contributed by atoms with Gasteiger partial charge in [0.2, 0.25) is 5.76 Å². The first-order chi connectivity index (χ1) is 7.27. The summed E-state index contributed by atoms with van der Waals surface area (Å²) < 4.78 is 4.79. The van der Waals surface area contributed by atoms with Crippen LogP contribution in [0, 0.1) is 0 Å². The summed E-state index contributed by atoms with van der Waals surface area (Å²) in [5, 5.41) is 8.80. The summed E-state index contributed by atoms with van der Waals surface area (Å²) in [7, 11) is 0. The summed E-state index contributed by atoms with van der Waals surface area (Å²) in [5.74, 6) is -1.17. The van der Waals surface area contributed by atoms with E-state index in [1.54, 1.807) is 0 Å². The van der Waals surface area contributed by atoms with Gasteiger partial charge in [0, 0.05) is 6.42 Å². The molecule has 0 spiro atoms. The zero-order valence-corrected chi connectivity index (χ0v) is 7.88. The fraction of sp³-hybridized carbons (Fsp3) is 0.0909. The van der Waals surface area contributed by atoms with Crippen LogP contribution in [-0.2, 0) is 6.42 Å². The highest BCUT2D eigenvalue weighted by Gasteiger charge is 2.15. The van der Waals surface area contributed by atoms with E-state index in [2.05, 4.69) is 4.98 Å². The van der Waals surface area contributed by atoms with Crippen LogP contribution in [0.5, 0.6) is 0 Å². The Hall–Kier alpha value is -2.10. The number of carbonyl (C=O) groups is 1. The van der Waals surface area contributed by atoms with Crippen LogP contribution in [0.2, 0.25) is 0 Å². The number of aromatic nitrogens is 1. The minimum Gasteiger partial charge on any atom is -0.475 e. The van der Waals surface area contributed by atoms with Crippen molar-refractivity contribution in [2.24, 2.45) is 0 Å². The zero-order chi connectivity index (χ0) is 10.7. The second kappa shape index (κ2) is 3.96. The fourth-order valence-electron chi connectivity index (χ4n) is 1.36. The molecule has 0 saturated carbocycles. The molecular weight excluding hydrogens is 194 g/mol. The van der Waals surface area contributed by atoms with Crippen LogP contribution in [-0.4, -0.2) is 16.1 Å². The lowest BCUT2D eigenvalue weighted by molar-refractivity contribution is 0.0661. The van der Waals surface area contributed by atoms with Gasteiger partial charge >= 0.3 is 5.97 Å². The Bertz CT molecular complexity index is 462. The van der Waals surface area contributed by atoms with Gasteiger partial charge in [-0.2, -0.15) is 0 Å². The van der Waals surface area contributed by atoms with Crippen molar-refractivity contribution in [2.45, 2.75) is 6.42 Å². The van der Waals surface area contributed by atoms with Gasteiger partial charge in [0.1, 0.15) is 0 Å². The van der Waals surface area contributed by atoms with Crippen LogP contribution in [0.25, 0.3) is 0 Å². The van der Waals surface area contributed by atoms with Gasteiger partial charge in [-0.25, -0.2) is 9.78 Å². The molecule has 15 heavy (non-hydrogen) atoms. The normalized spacial score (nSPS) is 10.1. The molecule has 0 bridgehead atoms. The molecule has 4 heteroatoms. The maximum atomic E-state index is 10.7. The van der Waals surface area contributed by atoms with E-state index in [4.69, 9.17) is 9.52 Å². The Kier molecular flexibility index (Phi) is 2.49. The van der Waals surface area contributed by atoms with E-state index in [0.717, 1.165) is 12.0 Å². The third kappa shape index (κ3) is 2.04. The molecule has 1 heterocycles.